The number of ether oxygens (including phenoxy) is 3. The molecule has 4 rings (SSSR count). The summed E-state index contributed by atoms with van der Waals surface area (Å²) in [5.41, 5.74) is 0.387. The first-order valence-corrected chi connectivity index (χ1v) is 14.0. The van der Waals surface area contributed by atoms with E-state index in [0.717, 1.165) is 0 Å². The minimum atomic E-state index is -1.01. The third-order valence-corrected chi connectivity index (χ3v) is 8.98. The highest BCUT2D eigenvalue weighted by molar-refractivity contribution is 5.94. The van der Waals surface area contributed by atoms with Crippen LogP contribution in [0, 0.1) is 16.7 Å². The van der Waals surface area contributed by atoms with Gasteiger partial charge in [0.25, 0.3) is 0 Å². The van der Waals surface area contributed by atoms with E-state index in [1.165, 1.54) is 25.7 Å². The number of hydrogen-bond acceptors (Lipinski definition) is 9. The monoisotopic (exact) mass is 582 g/mol. The van der Waals surface area contributed by atoms with Crippen LogP contribution >= 0.6 is 0 Å². The van der Waals surface area contributed by atoms with Crippen molar-refractivity contribution in [3.8, 4) is 0 Å². The molecule has 1 aliphatic carbocycles. The largest absolute Gasteiger partial charge is 0.481 e. The number of allylic oxidation sites excluding steroid dienone is 1. The molecule has 0 bridgehead atoms. The molecule has 10 heteroatoms. The maximum atomic E-state index is 13.0. The lowest BCUT2D eigenvalue weighted by atomic mass is 9.61. The summed E-state index contributed by atoms with van der Waals surface area (Å²) in [5.74, 6) is -2.24. The Bertz CT molecular complexity index is 1420. The van der Waals surface area contributed by atoms with Crippen LogP contribution in [-0.4, -0.2) is 36.1 Å². The quantitative estimate of drug-likeness (QED) is 0.203. The highest BCUT2D eigenvalue weighted by Crippen LogP contribution is 2.59. The summed E-state index contributed by atoms with van der Waals surface area (Å²) >= 11 is 0. The average molecular weight is 583 g/mol. The molecule has 226 valence electrons. The molecule has 0 saturated heterocycles. The second kappa shape index (κ2) is 11.7. The Morgan fingerprint density at radius 1 is 1.19 bits per heavy atom. The smallest absolute Gasteiger partial charge is 0.334 e. The molecular formula is C32H38O10. The molecule has 10 nitrogen and oxygen atoms in total. The number of carbonyl (C=O) groups excluding carboxylic acids is 3. The molecular weight excluding hydrogens is 544 g/mol. The van der Waals surface area contributed by atoms with Gasteiger partial charge in [0.1, 0.15) is 23.7 Å². The lowest BCUT2D eigenvalue weighted by molar-refractivity contribution is -0.158. The van der Waals surface area contributed by atoms with E-state index < -0.39 is 46.9 Å². The van der Waals surface area contributed by atoms with Crippen LogP contribution in [0.4, 0.5) is 0 Å². The van der Waals surface area contributed by atoms with Gasteiger partial charge in [-0.1, -0.05) is 33.8 Å². The Hall–Kier alpha value is -4.08. The number of cyclic esters (lactones) is 1. The molecule has 0 amide bonds. The second-order valence-electron chi connectivity index (χ2n) is 11.9. The van der Waals surface area contributed by atoms with E-state index in [4.69, 9.17) is 23.0 Å². The first-order valence-electron chi connectivity index (χ1n) is 14.0. The Kier molecular flexibility index (Phi) is 8.57. The number of rotatable bonds is 9. The third kappa shape index (κ3) is 5.54. The summed E-state index contributed by atoms with van der Waals surface area (Å²) in [6.45, 7) is 11.1. The SMILES string of the molecule is CC=C(C)C(=O)OC1c2cc(C3=CC(=O)OC(c4ccoc4)C3(C)CCC(=O)O)oc2C(C)C(CC(=O)OC)C1(C)C. The topological polar surface area (TPSA) is 142 Å². The number of carboxylic acid groups (broad SMARTS) is 1. The number of esters is 3. The number of fused-ring (bicyclic) bond motifs is 1. The minimum Gasteiger partial charge on any atom is -0.481 e. The van der Waals surface area contributed by atoms with Crippen LogP contribution in [0.25, 0.3) is 5.57 Å². The van der Waals surface area contributed by atoms with E-state index >= 15 is 0 Å². The molecule has 42 heavy (non-hydrogen) atoms. The van der Waals surface area contributed by atoms with Crippen LogP contribution in [0.3, 0.4) is 0 Å². The molecule has 1 aliphatic heterocycles. The van der Waals surface area contributed by atoms with Gasteiger partial charge in [-0.05, 0) is 38.3 Å². The molecule has 2 aliphatic rings. The van der Waals surface area contributed by atoms with Crippen LogP contribution in [-0.2, 0) is 33.4 Å². The van der Waals surface area contributed by atoms with Crippen LogP contribution in [0.2, 0.25) is 0 Å². The fourth-order valence-corrected chi connectivity index (χ4v) is 6.32. The number of carbonyl (C=O) groups is 4. The lowest BCUT2D eigenvalue weighted by Crippen LogP contribution is -2.41. The van der Waals surface area contributed by atoms with E-state index in [-0.39, 0.29) is 31.1 Å². The summed E-state index contributed by atoms with van der Waals surface area (Å²) in [6, 6.07) is 3.44. The molecule has 0 aromatic carbocycles. The zero-order valence-corrected chi connectivity index (χ0v) is 25.0. The van der Waals surface area contributed by atoms with E-state index in [9.17, 15) is 24.3 Å². The molecule has 5 unspecified atom stereocenters. The summed E-state index contributed by atoms with van der Waals surface area (Å²) in [4.78, 5) is 50.1. The predicted molar refractivity (Wildman–Crippen MR) is 150 cm³/mol. The molecule has 2 aromatic heterocycles. The first kappa shape index (κ1) is 30.9. The first-order chi connectivity index (χ1) is 19.7. The number of furan rings is 2. The summed E-state index contributed by atoms with van der Waals surface area (Å²) in [7, 11) is 1.33. The highest BCUT2D eigenvalue weighted by atomic mass is 16.6. The Morgan fingerprint density at radius 2 is 1.90 bits per heavy atom. The second-order valence-corrected chi connectivity index (χ2v) is 11.9. The van der Waals surface area contributed by atoms with Gasteiger partial charge in [0.05, 0.1) is 19.6 Å². The van der Waals surface area contributed by atoms with Crippen LogP contribution < -0.4 is 0 Å². The van der Waals surface area contributed by atoms with Crippen LogP contribution in [0.5, 0.6) is 0 Å². The molecule has 0 fully saturated rings. The molecule has 5 atom stereocenters. The van der Waals surface area contributed by atoms with Crippen molar-refractivity contribution < 1.29 is 47.3 Å². The molecule has 0 radical (unpaired) electrons. The van der Waals surface area contributed by atoms with E-state index in [1.807, 2.05) is 27.7 Å². The highest BCUT2D eigenvalue weighted by Gasteiger charge is 2.53. The van der Waals surface area contributed by atoms with Crippen molar-refractivity contribution in [2.45, 2.75) is 78.9 Å². The zero-order valence-electron chi connectivity index (χ0n) is 25.0. The molecule has 1 N–H and O–H groups in total. The standard InChI is InChI=1S/C32H38O10/c1-8-17(2)30(37)42-29-20-13-23(40-27(20)18(3)21(31(29,4)5)14-25(35)38-7)22-15-26(36)41-28(19-10-12-39-16-19)32(22,6)11-9-24(33)34/h8,10,12-13,15-16,18,21,28-29H,9,11,14H2,1-7H3,(H,33,34). The van der Waals surface area contributed by atoms with Crippen molar-refractivity contribution in [1.82, 2.24) is 0 Å². The van der Waals surface area contributed by atoms with Gasteiger partial charge in [-0.3, -0.25) is 9.59 Å². The number of hydrogen-bond donors (Lipinski definition) is 1. The van der Waals surface area contributed by atoms with Gasteiger partial charge < -0.3 is 28.2 Å². The van der Waals surface area contributed by atoms with E-state index in [1.54, 1.807) is 32.1 Å². The van der Waals surface area contributed by atoms with Gasteiger partial charge in [-0.25, -0.2) is 9.59 Å². The number of methoxy groups -OCH3 is 1. The van der Waals surface area contributed by atoms with Crippen molar-refractivity contribution in [3.05, 3.63) is 65.0 Å². The summed E-state index contributed by atoms with van der Waals surface area (Å²) in [5, 5.41) is 9.55. The van der Waals surface area contributed by atoms with Gasteiger partial charge >= 0.3 is 23.9 Å². The van der Waals surface area contributed by atoms with Gasteiger partial charge in [0.2, 0.25) is 0 Å². The maximum absolute atomic E-state index is 13.0. The van der Waals surface area contributed by atoms with Crippen molar-refractivity contribution in [2.24, 2.45) is 16.7 Å². The third-order valence-electron chi connectivity index (χ3n) is 8.98. The number of aliphatic carboxylic acids is 1. The number of carboxylic acids is 1. The van der Waals surface area contributed by atoms with Crippen molar-refractivity contribution >= 4 is 29.5 Å². The Balaban J connectivity index is 1.88. The minimum absolute atomic E-state index is 0.0741. The van der Waals surface area contributed by atoms with E-state index in [0.29, 0.717) is 33.8 Å². The van der Waals surface area contributed by atoms with Crippen LogP contribution in [0.1, 0.15) is 102 Å². The zero-order chi connectivity index (χ0) is 31.0. The van der Waals surface area contributed by atoms with Crippen molar-refractivity contribution in [1.29, 1.82) is 0 Å². The normalized spacial score (nSPS) is 27.0. The summed E-state index contributed by atoms with van der Waals surface area (Å²) < 4.78 is 28.6. The molecule has 3 heterocycles. The maximum Gasteiger partial charge on any atom is 0.334 e. The Labute approximate surface area is 244 Å². The fourth-order valence-electron chi connectivity index (χ4n) is 6.32. The molecule has 0 saturated carbocycles. The molecule has 0 spiro atoms. The van der Waals surface area contributed by atoms with Gasteiger partial charge in [-0.2, -0.15) is 0 Å². The predicted octanol–water partition coefficient (Wildman–Crippen LogP) is 6.30. The molecule has 2 aromatic rings. The van der Waals surface area contributed by atoms with Crippen LogP contribution in [0.15, 0.2) is 51.2 Å². The van der Waals surface area contributed by atoms with E-state index in [2.05, 4.69) is 0 Å². The Morgan fingerprint density at radius 3 is 2.50 bits per heavy atom. The lowest BCUT2D eigenvalue weighted by Gasteiger charge is -2.46. The van der Waals surface area contributed by atoms with Crippen molar-refractivity contribution in [3.63, 3.8) is 0 Å². The average Bonchev–Trinajstić information content (AvgIpc) is 3.63. The van der Waals surface area contributed by atoms with Gasteiger partial charge in [0.15, 0.2) is 0 Å². The van der Waals surface area contributed by atoms with Gasteiger partial charge in [0, 0.05) is 57.9 Å². The van der Waals surface area contributed by atoms with Crippen molar-refractivity contribution in [2.75, 3.05) is 7.11 Å². The van der Waals surface area contributed by atoms with Gasteiger partial charge in [-0.15, -0.1) is 0 Å². The fraction of sp³-hybridized carbons (Fsp3) is 0.500. The summed E-state index contributed by atoms with van der Waals surface area (Å²) in [6.07, 6.45) is 4.31.